The third-order valence-corrected chi connectivity index (χ3v) is 3.70. The number of anilines is 2. The van der Waals surface area contributed by atoms with E-state index in [1.807, 2.05) is 24.4 Å². The van der Waals surface area contributed by atoms with Crippen molar-refractivity contribution >= 4 is 22.3 Å². The molecule has 0 spiro atoms. The molecular formula is C18H19N3. The van der Waals surface area contributed by atoms with Crippen LogP contribution in [0, 0.1) is 0 Å². The van der Waals surface area contributed by atoms with Crippen LogP contribution in [0.5, 0.6) is 0 Å². The average Bonchev–Trinajstić information content (AvgIpc) is 2.54. The predicted octanol–water partition coefficient (Wildman–Crippen LogP) is 3.84. The van der Waals surface area contributed by atoms with Crippen molar-refractivity contribution in [2.24, 2.45) is 0 Å². The van der Waals surface area contributed by atoms with E-state index in [1.54, 1.807) is 0 Å². The highest BCUT2D eigenvalue weighted by atomic mass is 15.1. The molecule has 0 amide bonds. The van der Waals surface area contributed by atoms with Gasteiger partial charge in [-0.15, -0.1) is 0 Å². The fourth-order valence-corrected chi connectivity index (χ4v) is 2.57. The zero-order chi connectivity index (χ0) is 14.7. The first-order valence-electron chi connectivity index (χ1n) is 7.21. The molecule has 0 radical (unpaired) electrons. The Morgan fingerprint density at radius 2 is 1.76 bits per heavy atom. The molecule has 21 heavy (non-hydrogen) atoms. The molecule has 1 heterocycles. The molecule has 3 aromatic rings. The van der Waals surface area contributed by atoms with Crippen molar-refractivity contribution in [3.8, 4) is 0 Å². The zero-order valence-electron chi connectivity index (χ0n) is 12.2. The molecule has 0 atom stereocenters. The summed E-state index contributed by atoms with van der Waals surface area (Å²) in [5, 5.41) is 1.19. The molecule has 0 aliphatic carbocycles. The lowest BCUT2D eigenvalue weighted by atomic mass is 10.1. The Morgan fingerprint density at radius 1 is 1.00 bits per heavy atom. The third kappa shape index (κ3) is 2.82. The number of aromatic nitrogens is 1. The van der Waals surface area contributed by atoms with Crippen molar-refractivity contribution in [3.63, 3.8) is 0 Å². The molecule has 3 nitrogen and oxygen atoms in total. The Bertz CT molecular complexity index is 730. The van der Waals surface area contributed by atoms with Crippen molar-refractivity contribution in [2.45, 2.75) is 13.5 Å². The normalized spacial score (nSPS) is 10.7. The SMILES string of the molecule is CCN(Cc1ccc(N)cc1)c1ccnc2ccccc12. The molecule has 106 valence electrons. The van der Waals surface area contributed by atoms with Crippen molar-refractivity contribution < 1.29 is 0 Å². The third-order valence-electron chi connectivity index (χ3n) is 3.70. The average molecular weight is 277 g/mol. The molecule has 0 saturated carbocycles. The number of fused-ring (bicyclic) bond motifs is 1. The van der Waals surface area contributed by atoms with E-state index in [1.165, 1.54) is 16.6 Å². The molecule has 3 heteroatoms. The Hall–Kier alpha value is -2.55. The van der Waals surface area contributed by atoms with Gasteiger partial charge in [-0.1, -0.05) is 30.3 Å². The van der Waals surface area contributed by atoms with Gasteiger partial charge in [-0.2, -0.15) is 0 Å². The van der Waals surface area contributed by atoms with Crippen LogP contribution in [-0.4, -0.2) is 11.5 Å². The van der Waals surface area contributed by atoms with Gasteiger partial charge in [0, 0.05) is 36.0 Å². The summed E-state index contributed by atoms with van der Waals surface area (Å²) < 4.78 is 0. The number of para-hydroxylation sites is 1. The van der Waals surface area contributed by atoms with Crippen LogP contribution < -0.4 is 10.6 Å². The van der Waals surface area contributed by atoms with Gasteiger partial charge in [-0.05, 0) is 36.8 Å². The van der Waals surface area contributed by atoms with E-state index < -0.39 is 0 Å². The van der Waals surface area contributed by atoms with Crippen LogP contribution in [0.1, 0.15) is 12.5 Å². The molecule has 0 unspecified atom stereocenters. The van der Waals surface area contributed by atoms with Gasteiger partial charge < -0.3 is 10.6 Å². The molecule has 0 aliphatic rings. The number of rotatable bonds is 4. The van der Waals surface area contributed by atoms with Crippen molar-refractivity contribution in [1.82, 2.24) is 4.98 Å². The largest absolute Gasteiger partial charge is 0.399 e. The van der Waals surface area contributed by atoms with E-state index in [9.17, 15) is 0 Å². The summed E-state index contributed by atoms with van der Waals surface area (Å²) in [6, 6.07) is 18.4. The van der Waals surface area contributed by atoms with Crippen LogP contribution in [0.25, 0.3) is 10.9 Å². The van der Waals surface area contributed by atoms with E-state index in [4.69, 9.17) is 5.73 Å². The quantitative estimate of drug-likeness (QED) is 0.737. The Kier molecular flexibility index (Phi) is 3.73. The molecule has 0 saturated heterocycles. The minimum absolute atomic E-state index is 0.802. The first-order chi connectivity index (χ1) is 10.3. The lowest BCUT2D eigenvalue weighted by Crippen LogP contribution is -2.22. The van der Waals surface area contributed by atoms with Crippen LogP contribution in [-0.2, 0) is 6.54 Å². The van der Waals surface area contributed by atoms with Crippen LogP contribution in [0.2, 0.25) is 0 Å². The summed E-state index contributed by atoms with van der Waals surface area (Å²) in [7, 11) is 0. The number of hydrogen-bond donors (Lipinski definition) is 1. The zero-order valence-corrected chi connectivity index (χ0v) is 12.2. The molecule has 2 aromatic carbocycles. The maximum absolute atomic E-state index is 5.75. The molecule has 2 N–H and O–H groups in total. The summed E-state index contributed by atoms with van der Waals surface area (Å²) in [6.45, 7) is 3.98. The predicted molar refractivity (Wildman–Crippen MR) is 89.3 cm³/mol. The lowest BCUT2D eigenvalue weighted by Gasteiger charge is -2.24. The van der Waals surface area contributed by atoms with Crippen LogP contribution in [0.3, 0.4) is 0 Å². The van der Waals surface area contributed by atoms with Crippen molar-refractivity contribution in [2.75, 3.05) is 17.2 Å². The van der Waals surface area contributed by atoms with Crippen molar-refractivity contribution in [1.29, 1.82) is 0 Å². The first-order valence-corrected chi connectivity index (χ1v) is 7.21. The maximum atomic E-state index is 5.75. The lowest BCUT2D eigenvalue weighted by molar-refractivity contribution is 0.835. The minimum atomic E-state index is 0.802. The number of nitrogens with zero attached hydrogens (tertiary/aromatic N) is 2. The van der Waals surface area contributed by atoms with E-state index in [2.05, 4.69) is 53.2 Å². The minimum Gasteiger partial charge on any atom is -0.399 e. The second kappa shape index (κ2) is 5.83. The smallest absolute Gasteiger partial charge is 0.0722 e. The standard InChI is InChI=1S/C18H19N3/c1-2-21(13-14-7-9-15(19)10-8-14)18-11-12-20-17-6-4-3-5-16(17)18/h3-12H,2,13,19H2,1H3. The van der Waals surface area contributed by atoms with Gasteiger partial charge in [0.25, 0.3) is 0 Å². The summed E-state index contributed by atoms with van der Waals surface area (Å²) in [6.07, 6.45) is 1.88. The molecular weight excluding hydrogens is 258 g/mol. The molecule has 0 bridgehead atoms. The topological polar surface area (TPSA) is 42.1 Å². The van der Waals surface area contributed by atoms with Gasteiger partial charge >= 0.3 is 0 Å². The Labute approximate surface area is 125 Å². The first kappa shape index (κ1) is 13.4. The highest BCUT2D eigenvalue weighted by molar-refractivity contribution is 5.91. The number of hydrogen-bond acceptors (Lipinski definition) is 3. The molecule has 0 fully saturated rings. The fraction of sp³-hybridized carbons (Fsp3) is 0.167. The van der Waals surface area contributed by atoms with Gasteiger partial charge in [0.2, 0.25) is 0 Å². The van der Waals surface area contributed by atoms with Gasteiger partial charge in [-0.25, -0.2) is 0 Å². The summed E-state index contributed by atoms with van der Waals surface area (Å²) >= 11 is 0. The summed E-state index contributed by atoms with van der Waals surface area (Å²) in [4.78, 5) is 6.79. The summed E-state index contributed by atoms with van der Waals surface area (Å²) in [5.41, 5.74) is 10.1. The highest BCUT2D eigenvalue weighted by Gasteiger charge is 2.09. The number of benzene rings is 2. The molecule has 3 rings (SSSR count). The number of nitrogens with two attached hydrogens (primary N) is 1. The maximum Gasteiger partial charge on any atom is 0.0722 e. The fourth-order valence-electron chi connectivity index (χ4n) is 2.57. The van der Waals surface area contributed by atoms with Crippen LogP contribution in [0.15, 0.2) is 60.8 Å². The van der Waals surface area contributed by atoms with Gasteiger partial charge in [0.05, 0.1) is 5.52 Å². The molecule has 1 aromatic heterocycles. The molecule has 0 aliphatic heterocycles. The van der Waals surface area contributed by atoms with Gasteiger partial charge in [0.15, 0.2) is 0 Å². The van der Waals surface area contributed by atoms with Gasteiger partial charge in [0.1, 0.15) is 0 Å². The monoisotopic (exact) mass is 277 g/mol. The van der Waals surface area contributed by atoms with Gasteiger partial charge in [-0.3, -0.25) is 4.98 Å². The highest BCUT2D eigenvalue weighted by Crippen LogP contribution is 2.26. The van der Waals surface area contributed by atoms with E-state index in [0.717, 1.165) is 24.3 Å². The number of nitrogen functional groups attached to an aromatic ring is 1. The Morgan fingerprint density at radius 3 is 2.52 bits per heavy atom. The second-order valence-electron chi connectivity index (χ2n) is 5.10. The summed E-state index contributed by atoms with van der Waals surface area (Å²) in [5.74, 6) is 0. The number of pyridine rings is 1. The van der Waals surface area contributed by atoms with Crippen LogP contribution in [0.4, 0.5) is 11.4 Å². The Balaban J connectivity index is 1.96. The van der Waals surface area contributed by atoms with Crippen molar-refractivity contribution in [3.05, 3.63) is 66.4 Å². The van der Waals surface area contributed by atoms with E-state index >= 15 is 0 Å². The second-order valence-corrected chi connectivity index (χ2v) is 5.10. The van der Waals surface area contributed by atoms with Crippen LogP contribution >= 0.6 is 0 Å². The van der Waals surface area contributed by atoms with E-state index in [0.29, 0.717) is 0 Å². The van der Waals surface area contributed by atoms with E-state index in [-0.39, 0.29) is 0 Å².